The van der Waals surface area contributed by atoms with E-state index in [0.29, 0.717) is 33.6 Å². The number of carbonyl (C=O) groups excluding carboxylic acids is 3. The fourth-order valence-electron chi connectivity index (χ4n) is 11.4. The fourth-order valence-corrected chi connectivity index (χ4v) is 14.2. The maximum atomic E-state index is 17.3. The minimum atomic E-state index is -2.63. The van der Waals surface area contributed by atoms with Crippen LogP contribution in [0.5, 0.6) is 5.75 Å². The number of rotatable bonds is 18. The number of hydrogen-bond donors (Lipinski definition) is 1. The quantitative estimate of drug-likeness (QED) is 0.0223. The Bertz CT molecular complexity index is 3200. The first-order valence-electron chi connectivity index (χ1n) is 25.5. The van der Waals surface area contributed by atoms with Crippen LogP contribution in [0.1, 0.15) is 104 Å². The standard InChI is InChI=1S/C64H64ClN3O8S/c1-44(54(42-45-36-40-53(75-8)41-37-45)55(47-24-14-9-15-25-47)48-26-16-10-17-27-48)62(43-46-34-38-52(39-35-46)68(72)73,59(71)76-56(49-28-18-11-19-29-49)50-30-20-12-21-31-50)67-58(70)63(60(2,3)4,64(67,77(65)74)61(5,6)7)66-57(69)51-32-22-13-23-33-51/h9-41,55-56H,42-43H2,1-8H3,(H,66,69)/b54-44+. The molecule has 0 bridgehead atoms. The highest BCUT2D eigenvalue weighted by molar-refractivity contribution is 8.09. The van der Waals surface area contributed by atoms with Crippen LogP contribution in [0.2, 0.25) is 0 Å². The van der Waals surface area contributed by atoms with Gasteiger partial charge in [0, 0.05) is 35.4 Å². The molecule has 11 nitrogen and oxygen atoms in total. The van der Waals surface area contributed by atoms with Gasteiger partial charge in [0.15, 0.2) is 22.1 Å². The van der Waals surface area contributed by atoms with Crippen molar-refractivity contribution < 1.29 is 33.0 Å². The lowest BCUT2D eigenvalue weighted by atomic mass is 9.53. The highest BCUT2D eigenvalue weighted by Gasteiger charge is 2.86. The van der Waals surface area contributed by atoms with E-state index in [1.807, 2.05) is 153 Å². The van der Waals surface area contributed by atoms with Crippen LogP contribution < -0.4 is 10.1 Å². The number of benzene rings is 7. The largest absolute Gasteiger partial charge is 0.497 e. The second-order valence-corrected chi connectivity index (χ2v) is 23.5. The molecule has 1 aliphatic rings. The van der Waals surface area contributed by atoms with Crippen molar-refractivity contribution in [2.45, 2.75) is 89.3 Å². The van der Waals surface area contributed by atoms with Gasteiger partial charge in [-0.3, -0.25) is 24.6 Å². The molecule has 1 N–H and O–H groups in total. The average molecular weight is 1070 g/mol. The summed E-state index contributed by atoms with van der Waals surface area (Å²) in [6.07, 6.45) is -1.23. The van der Waals surface area contributed by atoms with Crippen molar-refractivity contribution in [3.8, 4) is 5.75 Å². The van der Waals surface area contributed by atoms with E-state index in [0.717, 1.165) is 16.7 Å². The van der Waals surface area contributed by atoms with E-state index < -0.39 is 71.5 Å². The van der Waals surface area contributed by atoms with Gasteiger partial charge in [0.2, 0.25) is 0 Å². The van der Waals surface area contributed by atoms with E-state index in [-0.39, 0.29) is 24.1 Å². The Hall–Kier alpha value is -7.67. The molecule has 1 fully saturated rings. The lowest BCUT2D eigenvalue weighted by molar-refractivity contribution is -0.384. The molecular formula is C64H64ClN3O8S. The van der Waals surface area contributed by atoms with Crippen LogP contribution in [0, 0.1) is 20.9 Å². The highest BCUT2D eigenvalue weighted by atomic mass is 35.7. The summed E-state index contributed by atoms with van der Waals surface area (Å²) in [6.45, 7) is 12.6. The van der Waals surface area contributed by atoms with Crippen LogP contribution in [0.15, 0.2) is 211 Å². The number of nitro groups is 1. The molecule has 0 radical (unpaired) electrons. The number of nitrogens with one attached hydrogen (secondary N) is 1. The van der Waals surface area contributed by atoms with Crippen molar-refractivity contribution in [2.24, 2.45) is 10.8 Å². The summed E-state index contributed by atoms with van der Waals surface area (Å²) < 4.78 is 28.6. The van der Waals surface area contributed by atoms with Gasteiger partial charge < -0.3 is 14.8 Å². The van der Waals surface area contributed by atoms with Gasteiger partial charge in [-0.1, -0.05) is 211 Å². The van der Waals surface area contributed by atoms with Crippen LogP contribution in [0.25, 0.3) is 0 Å². The molecule has 396 valence electrons. The number of nitrogens with zero attached hydrogens (tertiary/aromatic N) is 2. The lowest BCUT2D eigenvalue weighted by Gasteiger charge is -2.74. The lowest BCUT2D eigenvalue weighted by Crippen LogP contribution is -2.98. The first kappa shape index (κ1) is 55.6. The third-order valence-corrected chi connectivity index (χ3v) is 17.3. The predicted molar refractivity (Wildman–Crippen MR) is 304 cm³/mol. The van der Waals surface area contributed by atoms with E-state index in [4.69, 9.17) is 20.2 Å². The monoisotopic (exact) mass is 1070 g/mol. The molecule has 0 aromatic heterocycles. The molecule has 1 saturated heterocycles. The molecule has 4 unspecified atom stereocenters. The van der Waals surface area contributed by atoms with Gasteiger partial charge in [-0.25, -0.2) is 9.00 Å². The van der Waals surface area contributed by atoms with Crippen LogP contribution in [-0.4, -0.2) is 54.9 Å². The number of carbonyl (C=O) groups is 3. The van der Waals surface area contributed by atoms with Gasteiger partial charge in [0.1, 0.15) is 15.8 Å². The van der Waals surface area contributed by atoms with Crippen molar-refractivity contribution in [2.75, 3.05) is 7.11 Å². The number of methoxy groups -OCH3 is 1. The highest BCUT2D eigenvalue weighted by Crippen LogP contribution is 2.65. The number of ether oxygens (including phenoxy) is 2. The minimum Gasteiger partial charge on any atom is -0.497 e. The molecule has 7 aromatic carbocycles. The third-order valence-electron chi connectivity index (χ3n) is 15.1. The second kappa shape index (κ2) is 22.5. The summed E-state index contributed by atoms with van der Waals surface area (Å²) in [4.78, 5) is 60.2. The van der Waals surface area contributed by atoms with Crippen LogP contribution in [-0.2, 0) is 37.2 Å². The van der Waals surface area contributed by atoms with Crippen molar-refractivity contribution in [1.29, 1.82) is 0 Å². The third kappa shape index (κ3) is 10.2. The molecule has 7 aromatic rings. The average Bonchev–Trinajstić information content (AvgIpc) is 3.57. The Morgan fingerprint density at radius 3 is 1.52 bits per heavy atom. The fraction of sp³-hybridized carbons (Fsp3) is 0.266. The Labute approximate surface area is 458 Å². The molecule has 13 heteroatoms. The molecule has 2 amide bonds. The van der Waals surface area contributed by atoms with Gasteiger partial charge in [0.05, 0.1) is 12.0 Å². The second-order valence-electron chi connectivity index (χ2n) is 21.6. The van der Waals surface area contributed by atoms with Gasteiger partial charge in [-0.05, 0) is 92.7 Å². The maximum Gasteiger partial charge on any atom is 0.337 e. The van der Waals surface area contributed by atoms with Gasteiger partial charge >= 0.3 is 5.97 Å². The van der Waals surface area contributed by atoms with E-state index in [2.05, 4.69) is 5.32 Å². The van der Waals surface area contributed by atoms with Crippen molar-refractivity contribution >= 4 is 44.2 Å². The topological polar surface area (TPSA) is 145 Å². The Balaban J connectivity index is 1.57. The molecule has 0 saturated carbocycles. The molecule has 1 aliphatic heterocycles. The van der Waals surface area contributed by atoms with Crippen LogP contribution >= 0.6 is 10.7 Å². The normalized spacial score (nSPS) is 18.1. The number of esters is 1. The number of non-ortho nitro benzene ring substituents is 1. The van der Waals surface area contributed by atoms with E-state index >= 15 is 13.8 Å². The molecule has 8 rings (SSSR count). The number of hydrogen-bond acceptors (Lipinski definition) is 8. The summed E-state index contributed by atoms with van der Waals surface area (Å²) >= 11 is 0. The summed E-state index contributed by atoms with van der Waals surface area (Å²) in [5.74, 6) is -2.24. The van der Waals surface area contributed by atoms with Gasteiger partial charge in [-0.15, -0.1) is 0 Å². The summed E-state index contributed by atoms with van der Waals surface area (Å²) in [6, 6.07) is 60.1. The van der Waals surface area contributed by atoms with Crippen LogP contribution in [0.3, 0.4) is 0 Å². The van der Waals surface area contributed by atoms with E-state index in [9.17, 15) is 14.9 Å². The van der Waals surface area contributed by atoms with Crippen molar-refractivity contribution in [3.05, 3.63) is 260 Å². The number of likely N-dealkylation sites (tertiary alicyclic amines) is 1. The summed E-state index contributed by atoms with van der Waals surface area (Å²) in [5.41, 5.74) is -1.73. The van der Waals surface area contributed by atoms with Crippen molar-refractivity contribution in [3.63, 3.8) is 0 Å². The molecule has 77 heavy (non-hydrogen) atoms. The molecule has 0 spiro atoms. The number of β-lactam (4-membered cyclic amide) rings is 1. The maximum absolute atomic E-state index is 17.3. The predicted octanol–water partition coefficient (Wildman–Crippen LogP) is 13.3. The Morgan fingerprint density at radius 2 is 1.10 bits per heavy atom. The molecule has 4 atom stereocenters. The smallest absolute Gasteiger partial charge is 0.337 e. The Morgan fingerprint density at radius 1 is 0.662 bits per heavy atom. The SMILES string of the molecule is COc1ccc(C/C(=C(/C)C(Cc2ccc([N+](=O)[O-])cc2)(C(=O)OC(c2ccccc2)c2ccccc2)N2C(=O)C(NC(=O)c3ccccc3)(C(C)(C)C)C2(S(=O)Cl)C(C)(C)C)C(c2ccccc2)c2ccccc2)cc1. The zero-order valence-corrected chi connectivity index (χ0v) is 46.1. The first-order chi connectivity index (χ1) is 36.7. The number of halogens is 1. The number of amides is 2. The summed E-state index contributed by atoms with van der Waals surface area (Å²) in [5, 5.41) is 15.4. The zero-order chi connectivity index (χ0) is 55.3. The molecule has 0 aliphatic carbocycles. The molecule has 1 heterocycles. The van der Waals surface area contributed by atoms with E-state index in [1.54, 1.807) is 91.1 Å². The zero-order valence-electron chi connectivity index (χ0n) is 44.6. The van der Waals surface area contributed by atoms with E-state index in [1.165, 1.54) is 17.0 Å². The number of allylic oxidation sites excluding steroid dienone is 1. The number of nitro benzene ring substituents is 1. The first-order valence-corrected chi connectivity index (χ1v) is 27.5. The van der Waals surface area contributed by atoms with Crippen LogP contribution in [0.4, 0.5) is 5.69 Å². The Kier molecular flexibility index (Phi) is 16.2. The minimum absolute atomic E-state index is 0.197. The molecular weight excluding hydrogens is 1010 g/mol. The van der Waals surface area contributed by atoms with Crippen molar-refractivity contribution in [1.82, 2.24) is 10.2 Å². The van der Waals surface area contributed by atoms with Gasteiger partial charge in [0.25, 0.3) is 17.5 Å². The van der Waals surface area contributed by atoms with Gasteiger partial charge in [-0.2, -0.15) is 0 Å². The summed E-state index contributed by atoms with van der Waals surface area (Å²) in [7, 11) is 6.40.